The Bertz CT molecular complexity index is 681. The summed E-state index contributed by atoms with van der Waals surface area (Å²) >= 11 is 1.56. The molecular weight excluding hydrogens is 304 g/mol. The third kappa shape index (κ3) is 3.71. The van der Waals surface area contributed by atoms with Crippen molar-refractivity contribution in [1.29, 1.82) is 0 Å². The van der Waals surface area contributed by atoms with Gasteiger partial charge in [-0.3, -0.25) is 0 Å². The minimum Gasteiger partial charge on any atom is -0.313 e. The van der Waals surface area contributed by atoms with Gasteiger partial charge >= 0.3 is 0 Å². The van der Waals surface area contributed by atoms with Gasteiger partial charge in [0, 0.05) is 24.5 Å². The van der Waals surface area contributed by atoms with Crippen molar-refractivity contribution in [3.05, 3.63) is 52.2 Å². The molecule has 0 aliphatic heterocycles. The van der Waals surface area contributed by atoms with Crippen LogP contribution in [0.2, 0.25) is 0 Å². The molecule has 1 atom stereocenters. The van der Waals surface area contributed by atoms with Crippen LogP contribution in [0.15, 0.2) is 46.7 Å². The van der Waals surface area contributed by atoms with Gasteiger partial charge < -0.3 is 5.32 Å². The first-order valence-corrected chi connectivity index (χ1v) is 9.03. The maximum absolute atomic E-state index is 12.6. The Hall–Kier alpha value is -1.21. The molecule has 2 rings (SSSR count). The fourth-order valence-corrected chi connectivity index (χ4v) is 4.04. The van der Waals surface area contributed by atoms with Crippen molar-refractivity contribution in [2.45, 2.75) is 24.4 Å². The quantitative estimate of drug-likeness (QED) is 0.889. The molecule has 1 heterocycles. The van der Waals surface area contributed by atoms with Crippen LogP contribution < -0.4 is 5.32 Å². The van der Waals surface area contributed by atoms with Crippen LogP contribution in [0, 0.1) is 0 Å². The summed E-state index contributed by atoms with van der Waals surface area (Å²) in [5.74, 6) is 0. The van der Waals surface area contributed by atoms with Crippen molar-refractivity contribution in [1.82, 2.24) is 9.62 Å². The fourth-order valence-electron chi connectivity index (χ4n) is 2.00. The minimum atomic E-state index is -3.47. The second-order valence-electron chi connectivity index (χ2n) is 4.92. The zero-order valence-electron chi connectivity index (χ0n) is 12.4. The van der Waals surface area contributed by atoms with E-state index < -0.39 is 10.0 Å². The first-order valence-electron chi connectivity index (χ1n) is 6.71. The molecule has 1 unspecified atom stereocenters. The molecule has 6 heteroatoms. The first-order chi connectivity index (χ1) is 9.95. The zero-order chi connectivity index (χ0) is 15.5. The lowest BCUT2D eigenvalue weighted by Crippen LogP contribution is -2.26. The molecule has 0 aliphatic carbocycles. The van der Waals surface area contributed by atoms with Gasteiger partial charge in [0.2, 0.25) is 10.0 Å². The number of sulfonamides is 1. The number of thiophene rings is 1. The molecule has 114 valence electrons. The Balaban J connectivity index is 2.26. The predicted molar refractivity (Wildman–Crippen MR) is 86.9 cm³/mol. The van der Waals surface area contributed by atoms with Crippen molar-refractivity contribution < 1.29 is 8.42 Å². The lowest BCUT2D eigenvalue weighted by atomic mass is 10.1. The standard InChI is InChI=1S/C15H20N2O2S2/c1-12(16-2)13-6-4-8-15(10-13)21(18,19)17(3)11-14-7-5-9-20-14/h4-10,12,16H,11H2,1-3H3. The molecule has 21 heavy (non-hydrogen) atoms. The summed E-state index contributed by atoms with van der Waals surface area (Å²) in [6.07, 6.45) is 0. The highest BCUT2D eigenvalue weighted by atomic mass is 32.2. The van der Waals surface area contributed by atoms with E-state index in [1.54, 1.807) is 36.6 Å². The summed E-state index contributed by atoms with van der Waals surface area (Å²) in [4.78, 5) is 1.36. The summed E-state index contributed by atoms with van der Waals surface area (Å²) < 4.78 is 26.7. The maximum Gasteiger partial charge on any atom is 0.243 e. The van der Waals surface area contributed by atoms with Gasteiger partial charge in [0.1, 0.15) is 0 Å². The van der Waals surface area contributed by atoms with Gasteiger partial charge in [-0.25, -0.2) is 8.42 Å². The molecule has 0 saturated heterocycles. The average molecular weight is 324 g/mol. The number of rotatable bonds is 6. The summed E-state index contributed by atoms with van der Waals surface area (Å²) in [6.45, 7) is 2.40. The first kappa shape index (κ1) is 16.2. The Morgan fingerprint density at radius 3 is 2.67 bits per heavy atom. The number of nitrogens with one attached hydrogen (secondary N) is 1. The van der Waals surface area contributed by atoms with Crippen LogP contribution in [-0.4, -0.2) is 26.8 Å². The Kier molecular flexibility index (Phi) is 5.16. The third-order valence-electron chi connectivity index (χ3n) is 3.46. The molecule has 0 amide bonds. The van der Waals surface area contributed by atoms with E-state index in [4.69, 9.17) is 0 Å². The van der Waals surface area contributed by atoms with E-state index in [2.05, 4.69) is 5.32 Å². The van der Waals surface area contributed by atoms with Crippen LogP contribution in [0.4, 0.5) is 0 Å². The highest BCUT2D eigenvalue weighted by Crippen LogP contribution is 2.22. The van der Waals surface area contributed by atoms with E-state index in [-0.39, 0.29) is 6.04 Å². The molecule has 0 saturated carbocycles. The molecule has 1 N–H and O–H groups in total. The van der Waals surface area contributed by atoms with E-state index >= 15 is 0 Å². The van der Waals surface area contributed by atoms with Gasteiger partial charge in [-0.2, -0.15) is 4.31 Å². The lowest BCUT2D eigenvalue weighted by Gasteiger charge is -2.18. The average Bonchev–Trinajstić information content (AvgIpc) is 2.99. The van der Waals surface area contributed by atoms with E-state index in [9.17, 15) is 8.42 Å². The molecular formula is C15H20N2O2S2. The molecule has 2 aromatic rings. The van der Waals surface area contributed by atoms with Crippen LogP contribution in [0.25, 0.3) is 0 Å². The van der Waals surface area contributed by atoms with Crippen LogP contribution in [0.3, 0.4) is 0 Å². The molecule has 1 aromatic heterocycles. The number of nitrogens with zero attached hydrogens (tertiary/aromatic N) is 1. The molecule has 0 fully saturated rings. The van der Waals surface area contributed by atoms with Crippen LogP contribution in [0.5, 0.6) is 0 Å². The molecule has 1 aromatic carbocycles. The van der Waals surface area contributed by atoms with Crippen molar-refractivity contribution in [3.8, 4) is 0 Å². The van der Waals surface area contributed by atoms with Crippen LogP contribution in [0.1, 0.15) is 23.4 Å². The SMILES string of the molecule is CNC(C)c1cccc(S(=O)(=O)N(C)Cc2cccs2)c1. The van der Waals surface area contributed by atoms with E-state index in [0.717, 1.165) is 10.4 Å². The fraction of sp³-hybridized carbons (Fsp3) is 0.333. The second-order valence-corrected chi connectivity index (χ2v) is 8.00. The van der Waals surface area contributed by atoms with Gasteiger partial charge in [-0.1, -0.05) is 18.2 Å². The van der Waals surface area contributed by atoms with Crippen LogP contribution in [-0.2, 0) is 16.6 Å². The van der Waals surface area contributed by atoms with E-state index in [0.29, 0.717) is 11.4 Å². The highest BCUT2D eigenvalue weighted by Gasteiger charge is 2.21. The van der Waals surface area contributed by atoms with E-state index in [1.807, 2.05) is 37.6 Å². The van der Waals surface area contributed by atoms with Gasteiger partial charge in [-0.05, 0) is 43.1 Å². The molecule has 0 spiro atoms. The van der Waals surface area contributed by atoms with Crippen molar-refractivity contribution >= 4 is 21.4 Å². The van der Waals surface area contributed by atoms with Crippen molar-refractivity contribution in [2.75, 3.05) is 14.1 Å². The molecule has 4 nitrogen and oxygen atoms in total. The Labute approximate surface area is 130 Å². The van der Waals surface area contributed by atoms with Crippen molar-refractivity contribution in [2.24, 2.45) is 0 Å². The van der Waals surface area contributed by atoms with Gasteiger partial charge in [0.15, 0.2) is 0 Å². The lowest BCUT2D eigenvalue weighted by molar-refractivity contribution is 0.469. The molecule has 0 aliphatic rings. The van der Waals surface area contributed by atoms with Crippen molar-refractivity contribution in [3.63, 3.8) is 0 Å². The summed E-state index contributed by atoms with van der Waals surface area (Å²) in [5, 5.41) is 5.07. The zero-order valence-corrected chi connectivity index (χ0v) is 14.0. The van der Waals surface area contributed by atoms with Gasteiger partial charge in [0.25, 0.3) is 0 Å². The summed E-state index contributed by atoms with van der Waals surface area (Å²) in [5.41, 5.74) is 0.961. The minimum absolute atomic E-state index is 0.114. The number of hydrogen-bond donors (Lipinski definition) is 1. The topological polar surface area (TPSA) is 49.4 Å². The monoisotopic (exact) mass is 324 g/mol. The summed E-state index contributed by atoms with van der Waals surface area (Å²) in [7, 11) is 0.00313. The normalized spacial score (nSPS) is 13.5. The smallest absolute Gasteiger partial charge is 0.243 e. The third-order valence-corrected chi connectivity index (χ3v) is 6.12. The Morgan fingerprint density at radius 1 is 1.29 bits per heavy atom. The summed E-state index contributed by atoms with van der Waals surface area (Å²) in [6, 6.07) is 11.1. The van der Waals surface area contributed by atoms with Gasteiger partial charge in [0.05, 0.1) is 4.90 Å². The number of hydrogen-bond acceptors (Lipinski definition) is 4. The Morgan fingerprint density at radius 2 is 2.05 bits per heavy atom. The predicted octanol–water partition coefficient (Wildman–Crippen LogP) is 2.85. The largest absolute Gasteiger partial charge is 0.313 e. The number of benzene rings is 1. The van der Waals surface area contributed by atoms with Gasteiger partial charge in [-0.15, -0.1) is 11.3 Å². The maximum atomic E-state index is 12.6. The second kappa shape index (κ2) is 6.70. The van der Waals surface area contributed by atoms with Crippen LogP contribution >= 0.6 is 11.3 Å². The van der Waals surface area contributed by atoms with E-state index in [1.165, 1.54) is 4.31 Å². The molecule has 0 radical (unpaired) electrons. The molecule has 0 bridgehead atoms. The highest BCUT2D eigenvalue weighted by molar-refractivity contribution is 7.89.